The lowest BCUT2D eigenvalue weighted by Crippen LogP contribution is -2.23. The third-order valence-electron chi connectivity index (χ3n) is 1.75. The second-order valence-electron chi connectivity index (χ2n) is 3.30. The fourth-order valence-electron chi connectivity index (χ4n) is 1.32. The monoisotopic (exact) mass is 170 g/mol. The molecular weight excluding hydrogens is 156 g/mol. The Morgan fingerprint density at radius 3 is 2.67 bits per heavy atom. The molecule has 68 valence electrons. The van der Waals surface area contributed by atoms with Crippen LogP contribution in [0, 0.1) is 0 Å². The molecule has 1 heterocycles. The zero-order chi connectivity index (χ0) is 9.19. The van der Waals surface area contributed by atoms with Gasteiger partial charge in [0.2, 0.25) is 0 Å². The Kier molecular flexibility index (Phi) is 2.65. The highest BCUT2D eigenvalue weighted by Crippen LogP contribution is 2.28. The first-order chi connectivity index (χ1) is 5.59. The van der Waals surface area contributed by atoms with Gasteiger partial charge in [0.1, 0.15) is 6.10 Å². The summed E-state index contributed by atoms with van der Waals surface area (Å²) >= 11 is 0. The molecule has 3 heteroatoms. The number of aldehydes is 1. The average Bonchev–Trinajstić information content (AvgIpc) is 2.26. The molecule has 1 aliphatic heterocycles. The predicted molar refractivity (Wildman–Crippen MR) is 44.7 cm³/mol. The molecule has 0 saturated carbocycles. The van der Waals surface area contributed by atoms with E-state index in [9.17, 15) is 4.79 Å². The molecule has 1 aliphatic rings. The summed E-state index contributed by atoms with van der Waals surface area (Å²) in [5, 5.41) is 0. The molecule has 0 aromatic rings. The molecule has 1 rings (SSSR count). The van der Waals surface area contributed by atoms with Crippen molar-refractivity contribution in [3.63, 3.8) is 0 Å². The van der Waals surface area contributed by atoms with E-state index in [-0.39, 0.29) is 6.10 Å². The minimum absolute atomic E-state index is 0.171. The van der Waals surface area contributed by atoms with Crippen LogP contribution in [0.1, 0.15) is 20.3 Å². The Bertz CT molecular complexity index is 186. The fraction of sp³-hybridized carbons (Fsp3) is 0.667. The maximum atomic E-state index is 10.5. The van der Waals surface area contributed by atoms with Crippen LogP contribution in [0.25, 0.3) is 0 Å². The number of hydrogen-bond donors (Lipinski definition) is 0. The van der Waals surface area contributed by atoms with Gasteiger partial charge in [0.05, 0.1) is 6.10 Å². The molecule has 3 nitrogen and oxygen atoms in total. The highest BCUT2D eigenvalue weighted by atomic mass is 16.8. The quantitative estimate of drug-likeness (QED) is 0.473. The number of rotatable bonds is 3. The summed E-state index contributed by atoms with van der Waals surface area (Å²) in [5.41, 5.74) is 0. The largest absolute Gasteiger partial charge is 0.344 e. The zero-order valence-electron chi connectivity index (χ0n) is 7.45. The maximum absolute atomic E-state index is 10.5. The molecule has 0 spiro atoms. The van der Waals surface area contributed by atoms with E-state index in [1.165, 1.54) is 0 Å². The molecule has 0 aromatic heterocycles. The summed E-state index contributed by atoms with van der Waals surface area (Å²) in [4.78, 5) is 10.5. The fourth-order valence-corrected chi connectivity index (χ4v) is 1.32. The Morgan fingerprint density at radius 2 is 2.17 bits per heavy atom. The summed E-state index contributed by atoms with van der Waals surface area (Å²) in [6, 6.07) is 0. The lowest BCUT2D eigenvalue weighted by molar-refractivity contribution is -0.149. The first kappa shape index (κ1) is 9.42. The molecule has 0 aromatic carbocycles. The molecule has 0 radical (unpaired) electrons. The van der Waals surface area contributed by atoms with Crippen molar-refractivity contribution in [1.29, 1.82) is 0 Å². The highest BCUT2D eigenvalue weighted by molar-refractivity contribution is 5.57. The van der Waals surface area contributed by atoms with Crippen LogP contribution in [0.3, 0.4) is 0 Å². The molecule has 0 bridgehead atoms. The smallest absolute Gasteiger partial charge is 0.164 e. The van der Waals surface area contributed by atoms with Gasteiger partial charge < -0.3 is 14.3 Å². The number of hydrogen-bond acceptors (Lipinski definition) is 3. The van der Waals surface area contributed by atoms with E-state index < -0.39 is 11.9 Å². The van der Waals surface area contributed by atoms with Crippen molar-refractivity contribution in [2.24, 2.45) is 0 Å². The van der Waals surface area contributed by atoms with Crippen LogP contribution >= 0.6 is 0 Å². The molecule has 0 aliphatic carbocycles. The summed E-state index contributed by atoms with van der Waals surface area (Å²) in [7, 11) is 0. The van der Waals surface area contributed by atoms with E-state index in [4.69, 9.17) is 9.47 Å². The Labute approximate surface area is 72.4 Å². The average molecular weight is 170 g/mol. The lowest BCUT2D eigenvalue weighted by Gasteiger charge is -2.15. The predicted octanol–water partition coefficient (Wildman–Crippen LogP) is 1.28. The van der Waals surface area contributed by atoms with Gasteiger partial charge in [-0.2, -0.15) is 0 Å². The standard InChI is InChI=1S/C9H14O3/c1-4-5-7-8(6-10)12-9(2,3)11-7/h4,6-8H,1,5H2,2-3H3. The van der Waals surface area contributed by atoms with E-state index in [2.05, 4.69) is 6.58 Å². The Balaban J connectivity index is 2.62. The number of carbonyl (C=O) groups excluding carboxylic acids is 1. The summed E-state index contributed by atoms with van der Waals surface area (Å²) < 4.78 is 10.8. The number of ether oxygens (including phenoxy) is 2. The molecule has 1 fully saturated rings. The van der Waals surface area contributed by atoms with Crippen molar-refractivity contribution in [1.82, 2.24) is 0 Å². The maximum Gasteiger partial charge on any atom is 0.164 e. The van der Waals surface area contributed by atoms with E-state index >= 15 is 0 Å². The topological polar surface area (TPSA) is 35.5 Å². The summed E-state index contributed by atoms with van der Waals surface area (Å²) in [5.74, 6) is -0.640. The van der Waals surface area contributed by atoms with Crippen molar-refractivity contribution < 1.29 is 14.3 Å². The molecule has 0 amide bonds. The van der Waals surface area contributed by atoms with Crippen molar-refractivity contribution in [2.75, 3.05) is 0 Å². The Morgan fingerprint density at radius 1 is 1.50 bits per heavy atom. The van der Waals surface area contributed by atoms with Gasteiger partial charge in [0.15, 0.2) is 12.1 Å². The van der Waals surface area contributed by atoms with Crippen LogP contribution in [0.15, 0.2) is 12.7 Å². The van der Waals surface area contributed by atoms with Gasteiger partial charge in [-0.15, -0.1) is 6.58 Å². The van der Waals surface area contributed by atoms with Crippen LogP contribution in [0.5, 0.6) is 0 Å². The lowest BCUT2D eigenvalue weighted by atomic mass is 10.1. The Hall–Kier alpha value is -0.670. The first-order valence-corrected chi connectivity index (χ1v) is 4.01. The van der Waals surface area contributed by atoms with Crippen molar-refractivity contribution in [3.8, 4) is 0 Å². The SMILES string of the molecule is C=CCC1OC(C)(C)OC1C=O. The molecular formula is C9H14O3. The van der Waals surface area contributed by atoms with Gasteiger partial charge in [-0.25, -0.2) is 0 Å². The molecule has 1 saturated heterocycles. The van der Waals surface area contributed by atoms with Crippen molar-refractivity contribution in [2.45, 2.75) is 38.3 Å². The minimum Gasteiger partial charge on any atom is -0.344 e. The van der Waals surface area contributed by atoms with Crippen LogP contribution < -0.4 is 0 Å². The van der Waals surface area contributed by atoms with Crippen molar-refractivity contribution in [3.05, 3.63) is 12.7 Å². The minimum atomic E-state index is -0.640. The summed E-state index contributed by atoms with van der Waals surface area (Å²) in [6.07, 6.45) is 2.54. The zero-order valence-corrected chi connectivity index (χ0v) is 7.45. The summed E-state index contributed by atoms with van der Waals surface area (Å²) in [6.45, 7) is 7.19. The van der Waals surface area contributed by atoms with E-state index in [0.29, 0.717) is 6.42 Å². The van der Waals surface area contributed by atoms with Crippen LogP contribution in [-0.2, 0) is 14.3 Å². The molecule has 12 heavy (non-hydrogen) atoms. The van der Waals surface area contributed by atoms with E-state index in [1.54, 1.807) is 19.9 Å². The van der Waals surface area contributed by atoms with Gasteiger partial charge in [-0.05, 0) is 20.3 Å². The van der Waals surface area contributed by atoms with Gasteiger partial charge in [-0.3, -0.25) is 0 Å². The van der Waals surface area contributed by atoms with E-state index in [1.807, 2.05) is 0 Å². The van der Waals surface area contributed by atoms with Crippen LogP contribution in [0.4, 0.5) is 0 Å². The highest BCUT2D eigenvalue weighted by Gasteiger charge is 2.40. The molecule has 2 atom stereocenters. The first-order valence-electron chi connectivity index (χ1n) is 4.01. The number of carbonyl (C=O) groups is 1. The van der Waals surface area contributed by atoms with Gasteiger partial charge in [0.25, 0.3) is 0 Å². The van der Waals surface area contributed by atoms with Crippen LogP contribution in [-0.4, -0.2) is 24.3 Å². The second kappa shape index (κ2) is 3.37. The van der Waals surface area contributed by atoms with Gasteiger partial charge >= 0.3 is 0 Å². The van der Waals surface area contributed by atoms with Crippen LogP contribution in [0.2, 0.25) is 0 Å². The third-order valence-corrected chi connectivity index (χ3v) is 1.75. The second-order valence-corrected chi connectivity index (χ2v) is 3.30. The van der Waals surface area contributed by atoms with Crippen molar-refractivity contribution >= 4 is 6.29 Å². The molecule has 0 N–H and O–H groups in total. The van der Waals surface area contributed by atoms with Gasteiger partial charge in [-0.1, -0.05) is 6.08 Å². The molecule has 2 unspecified atom stereocenters. The normalized spacial score (nSPS) is 33.2. The van der Waals surface area contributed by atoms with Gasteiger partial charge in [0, 0.05) is 0 Å². The van der Waals surface area contributed by atoms with E-state index in [0.717, 1.165) is 6.29 Å². The third kappa shape index (κ3) is 1.93.